The number of Topliss-reactive ketones (excluding diaryl/α,β-unsaturated/α-hetero) is 1. The number of nitrogens with two attached hydrogens (primary N) is 1. The van der Waals surface area contributed by atoms with Crippen molar-refractivity contribution >= 4 is 45.4 Å². The van der Waals surface area contributed by atoms with Gasteiger partial charge >= 0.3 is 0 Å². The first-order chi connectivity index (χ1) is 10.6. The standard InChI is InChI=1S/C13H13N5OS3/c1-7-5-9(8(2)18(7)12-15-3-4-20-12)10(19)6-21-13-17-16-11(14)22-13/h3-5H,6H2,1-2H3,(H2,14,16). The first kappa shape index (κ1) is 15.2. The van der Waals surface area contributed by atoms with Crippen LogP contribution in [-0.4, -0.2) is 31.3 Å². The summed E-state index contributed by atoms with van der Waals surface area (Å²) >= 11 is 4.19. The average Bonchev–Trinajstić information content (AvgIpc) is 3.18. The predicted molar refractivity (Wildman–Crippen MR) is 90.3 cm³/mol. The highest BCUT2D eigenvalue weighted by Crippen LogP contribution is 2.27. The van der Waals surface area contributed by atoms with Crippen molar-refractivity contribution < 1.29 is 4.79 Å². The van der Waals surface area contributed by atoms with E-state index >= 15 is 0 Å². The Bertz CT molecular complexity index is 806. The number of aryl methyl sites for hydroxylation is 1. The van der Waals surface area contributed by atoms with Gasteiger partial charge in [0.25, 0.3) is 0 Å². The highest BCUT2D eigenvalue weighted by molar-refractivity contribution is 8.01. The first-order valence-electron chi connectivity index (χ1n) is 6.40. The van der Waals surface area contributed by atoms with Crippen molar-refractivity contribution in [2.24, 2.45) is 0 Å². The van der Waals surface area contributed by atoms with Crippen LogP contribution in [0.4, 0.5) is 5.13 Å². The molecule has 0 fully saturated rings. The van der Waals surface area contributed by atoms with Gasteiger partial charge in [0.05, 0.1) is 5.75 Å². The van der Waals surface area contributed by atoms with Gasteiger partial charge in [-0.1, -0.05) is 23.1 Å². The number of thioether (sulfide) groups is 1. The van der Waals surface area contributed by atoms with E-state index < -0.39 is 0 Å². The van der Waals surface area contributed by atoms with Gasteiger partial charge in [0.15, 0.2) is 15.3 Å². The molecule has 2 N–H and O–H groups in total. The van der Waals surface area contributed by atoms with Crippen LogP contribution >= 0.6 is 34.4 Å². The Labute approximate surface area is 139 Å². The molecule has 0 amide bonds. The molecule has 0 atom stereocenters. The summed E-state index contributed by atoms with van der Waals surface area (Å²) in [6.07, 6.45) is 1.76. The number of nitrogens with zero attached hydrogens (tertiary/aromatic N) is 4. The summed E-state index contributed by atoms with van der Waals surface area (Å²) in [5, 5.41) is 10.9. The second-order valence-corrected chi connectivity index (χ2v) is 7.66. The van der Waals surface area contributed by atoms with Crippen LogP contribution < -0.4 is 5.73 Å². The van der Waals surface area contributed by atoms with Crippen molar-refractivity contribution in [3.8, 4) is 5.13 Å². The van der Waals surface area contributed by atoms with Crippen molar-refractivity contribution in [1.29, 1.82) is 0 Å². The fourth-order valence-electron chi connectivity index (χ4n) is 2.15. The van der Waals surface area contributed by atoms with Gasteiger partial charge in [-0.05, 0) is 19.9 Å². The molecule has 0 bridgehead atoms. The van der Waals surface area contributed by atoms with Crippen LogP contribution in [0.3, 0.4) is 0 Å². The predicted octanol–water partition coefficient (Wildman–Crippen LogP) is 2.96. The Morgan fingerprint density at radius 3 is 2.86 bits per heavy atom. The molecule has 0 aliphatic heterocycles. The number of anilines is 1. The van der Waals surface area contributed by atoms with E-state index in [0.29, 0.717) is 15.2 Å². The number of aromatic nitrogens is 4. The van der Waals surface area contributed by atoms with E-state index in [2.05, 4.69) is 15.2 Å². The van der Waals surface area contributed by atoms with Crippen molar-refractivity contribution in [3.05, 3.63) is 34.6 Å². The number of thiazole rings is 1. The van der Waals surface area contributed by atoms with Crippen molar-refractivity contribution in [2.45, 2.75) is 18.2 Å². The highest BCUT2D eigenvalue weighted by Gasteiger charge is 2.18. The van der Waals surface area contributed by atoms with Gasteiger partial charge in [-0.2, -0.15) is 0 Å². The number of ketones is 1. The molecule has 0 radical (unpaired) electrons. The number of nitrogen functional groups attached to an aromatic ring is 1. The maximum atomic E-state index is 12.5. The third kappa shape index (κ3) is 2.92. The molecule has 0 aliphatic carbocycles. The second kappa shape index (κ2) is 6.19. The zero-order valence-corrected chi connectivity index (χ0v) is 14.4. The second-order valence-electron chi connectivity index (χ2n) is 4.55. The fraction of sp³-hybridized carbons (Fsp3) is 0.231. The topological polar surface area (TPSA) is 86.7 Å². The van der Waals surface area contributed by atoms with Crippen LogP contribution in [0.25, 0.3) is 5.13 Å². The Kier molecular flexibility index (Phi) is 4.27. The number of hydrogen-bond acceptors (Lipinski definition) is 8. The highest BCUT2D eigenvalue weighted by atomic mass is 32.2. The molecular formula is C13H13N5OS3. The quantitative estimate of drug-likeness (QED) is 0.562. The molecule has 3 aromatic heterocycles. The molecule has 9 heteroatoms. The molecule has 3 aromatic rings. The third-order valence-corrected chi connectivity index (χ3v) is 5.73. The Hall–Kier alpha value is -1.71. The SMILES string of the molecule is Cc1cc(C(=O)CSc2nnc(N)s2)c(C)n1-c1nccs1. The molecular weight excluding hydrogens is 338 g/mol. The molecule has 0 unspecified atom stereocenters. The number of rotatable bonds is 5. The zero-order chi connectivity index (χ0) is 15.7. The summed E-state index contributed by atoms with van der Waals surface area (Å²) in [6, 6.07) is 1.91. The molecule has 22 heavy (non-hydrogen) atoms. The Morgan fingerprint density at radius 1 is 1.41 bits per heavy atom. The van der Waals surface area contributed by atoms with Gasteiger partial charge < -0.3 is 5.73 Å². The Balaban J connectivity index is 1.80. The largest absolute Gasteiger partial charge is 0.374 e. The number of carbonyl (C=O) groups is 1. The third-order valence-electron chi connectivity index (χ3n) is 3.09. The van der Waals surface area contributed by atoms with Crippen molar-refractivity contribution in [3.63, 3.8) is 0 Å². The van der Waals surface area contributed by atoms with Crippen LogP contribution in [0, 0.1) is 13.8 Å². The van der Waals surface area contributed by atoms with Gasteiger partial charge in [0, 0.05) is 28.5 Å². The maximum absolute atomic E-state index is 12.5. The molecule has 3 rings (SSSR count). The molecule has 0 spiro atoms. The van der Waals surface area contributed by atoms with Crippen LogP contribution in [0.15, 0.2) is 22.0 Å². The molecule has 0 aromatic carbocycles. The van der Waals surface area contributed by atoms with Crippen LogP contribution in [-0.2, 0) is 0 Å². The molecule has 0 saturated heterocycles. The van der Waals surface area contributed by atoms with E-state index in [0.717, 1.165) is 22.1 Å². The lowest BCUT2D eigenvalue weighted by Gasteiger charge is -2.05. The molecule has 6 nitrogen and oxygen atoms in total. The lowest BCUT2D eigenvalue weighted by molar-refractivity contribution is 0.102. The smallest absolute Gasteiger partial charge is 0.203 e. The van der Waals surface area contributed by atoms with Gasteiger partial charge in [-0.3, -0.25) is 9.36 Å². The summed E-state index contributed by atoms with van der Waals surface area (Å²) in [7, 11) is 0. The molecule has 0 saturated carbocycles. The van der Waals surface area contributed by atoms with E-state index in [1.54, 1.807) is 17.5 Å². The average molecular weight is 351 g/mol. The normalized spacial score (nSPS) is 11.0. The lowest BCUT2D eigenvalue weighted by atomic mass is 10.2. The van der Waals surface area contributed by atoms with Gasteiger partial charge in [0.1, 0.15) is 0 Å². The maximum Gasteiger partial charge on any atom is 0.203 e. The molecule has 0 aliphatic rings. The summed E-state index contributed by atoms with van der Waals surface area (Å²) in [5.41, 5.74) is 8.17. The van der Waals surface area contributed by atoms with Crippen molar-refractivity contribution in [1.82, 2.24) is 19.7 Å². The molecule has 3 heterocycles. The zero-order valence-electron chi connectivity index (χ0n) is 11.9. The summed E-state index contributed by atoms with van der Waals surface area (Å²) < 4.78 is 2.71. The number of carbonyl (C=O) groups excluding carboxylic acids is 1. The summed E-state index contributed by atoms with van der Waals surface area (Å²) in [6.45, 7) is 3.92. The van der Waals surface area contributed by atoms with E-state index in [1.165, 1.54) is 23.1 Å². The molecule has 114 valence electrons. The van der Waals surface area contributed by atoms with Crippen LogP contribution in [0.2, 0.25) is 0 Å². The van der Waals surface area contributed by atoms with Crippen molar-refractivity contribution in [2.75, 3.05) is 11.5 Å². The first-order valence-corrected chi connectivity index (χ1v) is 9.08. The van der Waals surface area contributed by atoms with E-state index in [9.17, 15) is 4.79 Å². The summed E-state index contributed by atoms with van der Waals surface area (Å²) in [4.78, 5) is 16.8. The van der Waals surface area contributed by atoms with Crippen LogP contribution in [0.5, 0.6) is 0 Å². The van der Waals surface area contributed by atoms with Gasteiger partial charge in [0.2, 0.25) is 5.13 Å². The fourth-order valence-corrected chi connectivity index (χ4v) is 4.42. The monoisotopic (exact) mass is 351 g/mol. The minimum absolute atomic E-state index is 0.0645. The van der Waals surface area contributed by atoms with E-state index in [4.69, 9.17) is 5.73 Å². The van der Waals surface area contributed by atoms with E-state index in [-0.39, 0.29) is 5.78 Å². The van der Waals surface area contributed by atoms with Gasteiger partial charge in [-0.15, -0.1) is 21.5 Å². The minimum atomic E-state index is 0.0645. The van der Waals surface area contributed by atoms with Gasteiger partial charge in [-0.25, -0.2) is 4.98 Å². The Morgan fingerprint density at radius 2 is 2.23 bits per heavy atom. The lowest BCUT2D eigenvalue weighted by Crippen LogP contribution is -2.05. The minimum Gasteiger partial charge on any atom is -0.374 e. The summed E-state index contributed by atoms with van der Waals surface area (Å²) in [5.74, 6) is 0.381. The number of hydrogen-bond donors (Lipinski definition) is 1. The van der Waals surface area contributed by atoms with E-state index in [1.807, 2.05) is 29.9 Å². The van der Waals surface area contributed by atoms with Crippen LogP contribution in [0.1, 0.15) is 21.7 Å².